The van der Waals surface area contributed by atoms with E-state index >= 15 is 0 Å². The molecule has 0 atom stereocenters. The first-order chi connectivity index (χ1) is 7.58. The molecule has 0 unspecified atom stereocenters. The van der Waals surface area contributed by atoms with Crippen LogP contribution in [0.15, 0.2) is 48.5 Å². The van der Waals surface area contributed by atoms with Crippen LogP contribution in [0.25, 0.3) is 0 Å². The van der Waals surface area contributed by atoms with Gasteiger partial charge in [0.1, 0.15) is 11.5 Å². The van der Waals surface area contributed by atoms with Crippen LogP contribution >= 0.6 is 0 Å². The lowest BCUT2D eigenvalue weighted by molar-refractivity contribution is 0.450. The summed E-state index contributed by atoms with van der Waals surface area (Å²) in [6.45, 7) is 3.89. The van der Waals surface area contributed by atoms with Gasteiger partial charge in [-0.3, -0.25) is 0 Å². The third-order valence-electron chi connectivity index (χ3n) is 1.99. The lowest BCUT2D eigenvalue weighted by Crippen LogP contribution is -1.70. The average molecular weight is 216 g/mol. The molecule has 2 nitrogen and oxygen atoms in total. The fraction of sp³-hybridized carbons (Fsp3) is 0.143. The van der Waals surface area contributed by atoms with Gasteiger partial charge in [-0.1, -0.05) is 35.9 Å². The summed E-state index contributed by atoms with van der Waals surface area (Å²) in [6, 6.07) is 14.7. The molecule has 2 rings (SSSR count). The van der Waals surface area contributed by atoms with Gasteiger partial charge in [0, 0.05) is 6.07 Å². The van der Waals surface area contributed by atoms with Gasteiger partial charge in [0.05, 0.1) is 0 Å². The van der Waals surface area contributed by atoms with Crippen LogP contribution in [-0.4, -0.2) is 10.2 Å². The Morgan fingerprint density at radius 2 is 1.19 bits per heavy atom. The summed E-state index contributed by atoms with van der Waals surface area (Å²) in [7, 11) is 0. The minimum absolute atomic E-state index is 0.104. The molecule has 0 saturated carbocycles. The van der Waals surface area contributed by atoms with Crippen molar-refractivity contribution in [2.75, 3.05) is 0 Å². The predicted octanol–water partition coefficient (Wildman–Crippen LogP) is 3.40. The zero-order chi connectivity index (χ0) is 12.0. The number of rotatable bonds is 0. The van der Waals surface area contributed by atoms with Gasteiger partial charge in [-0.25, -0.2) is 0 Å². The first-order valence-corrected chi connectivity index (χ1v) is 5.09. The number of phenols is 2. The minimum Gasteiger partial charge on any atom is -0.508 e. The molecule has 2 aromatic rings. The van der Waals surface area contributed by atoms with Crippen LogP contribution in [0.2, 0.25) is 0 Å². The van der Waals surface area contributed by atoms with Gasteiger partial charge in [-0.15, -0.1) is 0 Å². The molecule has 0 saturated heterocycles. The molecule has 0 aromatic heterocycles. The average Bonchev–Trinajstić information content (AvgIpc) is 2.17. The van der Waals surface area contributed by atoms with E-state index in [1.807, 2.05) is 18.2 Å². The summed E-state index contributed by atoms with van der Waals surface area (Å²) in [4.78, 5) is 0. The van der Waals surface area contributed by atoms with Crippen LogP contribution in [-0.2, 0) is 0 Å². The van der Waals surface area contributed by atoms with Crippen LogP contribution in [0.5, 0.6) is 11.5 Å². The molecular weight excluding hydrogens is 200 g/mol. The molecule has 84 valence electrons. The molecule has 0 amide bonds. The molecule has 0 spiro atoms. The summed E-state index contributed by atoms with van der Waals surface area (Å²) in [5, 5.41) is 17.7. The quantitative estimate of drug-likeness (QED) is 0.708. The Balaban J connectivity index is 0.000000165. The van der Waals surface area contributed by atoms with E-state index in [-0.39, 0.29) is 11.5 Å². The Kier molecular flexibility index (Phi) is 4.40. The first kappa shape index (κ1) is 12.1. The molecule has 0 heterocycles. The fourth-order valence-electron chi connectivity index (χ4n) is 1.28. The zero-order valence-electron chi connectivity index (χ0n) is 9.51. The smallest absolute Gasteiger partial charge is 0.119 e. The lowest BCUT2D eigenvalue weighted by Gasteiger charge is -1.94. The summed E-state index contributed by atoms with van der Waals surface area (Å²) in [5.41, 5.74) is 2.18. The Morgan fingerprint density at radius 1 is 0.688 bits per heavy atom. The third kappa shape index (κ3) is 4.51. The van der Waals surface area contributed by atoms with Crippen molar-refractivity contribution in [3.8, 4) is 11.5 Å². The minimum atomic E-state index is 0.104. The number of hydrogen-bond acceptors (Lipinski definition) is 2. The van der Waals surface area contributed by atoms with Crippen molar-refractivity contribution >= 4 is 0 Å². The highest BCUT2D eigenvalue weighted by molar-refractivity contribution is 5.35. The van der Waals surface area contributed by atoms with Gasteiger partial charge in [0.15, 0.2) is 0 Å². The number of hydrogen-bond donors (Lipinski definition) is 2. The van der Waals surface area contributed by atoms with Gasteiger partial charge in [0.2, 0.25) is 0 Å². The molecule has 0 aliphatic heterocycles. The van der Waals surface area contributed by atoms with Crippen LogP contribution in [0.3, 0.4) is 0 Å². The topological polar surface area (TPSA) is 40.5 Å². The summed E-state index contributed by atoms with van der Waals surface area (Å²) < 4.78 is 0. The van der Waals surface area contributed by atoms with Crippen LogP contribution < -0.4 is 0 Å². The van der Waals surface area contributed by atoms with E-state index in [4.69, 9.17) is 10.2 Å². The molecule has 2 aromatic carbocycles. The van der Waals surface area contributed by atoms with E-state index in [1.165, 1.54) is 11.6 Å². The van der Waals surface area contributed by atoms with Crippen LogP contribution in [0.1, 0.15) is 11.1 Å². The normalized spacial score (nSPS) is 9.12. The van der Waals surface area contributed by atoms with Crippen molar-refractivity contribution in [2.45, 2.75) is 13.8 Å². The molecule has 0 aliphatic carbocycles. The summed E-state index contributed by atoms with van der Waals surface area (Å²) >= 11 is 0. The largest absolute Gasteiger partial charge is 0.508 e. The second-order valence-corrected chi connectivity index (χ2v) is 3.68. The maximum Gasteiger partial charge on any atom is 0.119 e. The SMILES string of the molecule is Cc1cc(O)cc(O)c1.Cc1ccccc1. The molecule has 16 heavy (non-hydrogen) atoms. The van der Waals surface area contributed by atoms with E-state index in [9.17, 15) is 0 Å². The maximum absolute atomic E-state index is 8.83. The van der Waals surface area contributed by atoms with Gasteiger partial charge in [0.25, 0.3) is 0 Å². The third-order valence-corrected chi connectivity index (χ3v) is 1.99. The van der Waals surface area contributed by atoms with Crippen molar-refractivity contribution in [2.24, 2.45) is 0 Å². The monoisotopic (exact) mass is 216 g/mol. The molecule has 0 radical (unpaired) electrons. The van der Waals surface area contributed by atoms with E-state index < -0.39 is 0 Å². The molecule has 0 fully saturated rings. The standard InChI is InChI=1S/C7H8O2.C7H8/c1-5-2-6(8)4-7(9)3-5;1-7-5-3-2-4-6-7/h2-4,8-9H,1H3;2-6H,1H3. The predicted molar refractivity (Wildman–Crippen MR) is 65.7 cm³/mol. The van der Waals surface area contributed by atoms with Crippen molar-refractivity contribution in [3.63, 3.8) is 0 Å². The van der Waals surface area contributed by atoms with Gasteiger partial charge >= 0.3 is 0 Å². The number of aromatic hydroxyl groups is 2. The highest BCUT2D eigenvalue weighted by Crippen LogP contribution is 2.18. The van der Waals surface area contributed by atoms with Crippen LogP contribution in [0, 0.1) is 13.8 Å². The van der Waals surface area contributed by atoms with Crippen molar-refractivity contribution < 1.29 is 10.2 Å². The van der Waals surface area contributed by atoms with Crippen molar-refractivity contribution in [3.05, 3.63) is 59.7 Å². The summed E-state index contributed by atoms with van der Waals surface area (Å²) in [6.07, 6.45) is 0. The maximum atomic E-state index is 8.83. The Labute approximate surface area is 95.8 Å². The lowest BCUT2D eigenvalue weighted by atomic mass is 10.2. The van der Waals surface area contributed by atoms with Crippen LogP contribution in [0.4, 0.5) is 0 Å². The van der Waals surface area contributed by atoms with E-state index in [2.05, 4.69) is 19.1 Å². The molecule has 0 bridgehead atoms. The van der Waals surface area contributed by atoms with E-state index in [0.717, 1.165) is 5.56 Å². The molecule has 0 aliphatic rings. The van der Waals surface area contributed by atoms with Gasteiger partial charge in [-0.2, -0.15) is 0 Å². The van der Waals surface area contributed by atoms with Crippen molar-refractivity contribution in [1.29, 1.82) is 0 Å². The van der Waals surface area contributed by atoms with Crippen molar-refractivity contribution in [1.82, 2.24) is 0 Å². The first-order valence-electron chi connectivity index (χ1n) is 5.09. The second kappa shape index (κ2) is 5.81. The Hall–Kier alpha value is -1.96. The second-order valence-electron chi connectivity index (χ2n) is 3.68. The Morgan fingerprint density at radius 3 is 1.50 bits per heavy atom. The Bertz CT molecular complexity index is 385. The number of phenolic OH excluding ortho intramolecular Hbond substituents is 2. The molecular formula is C14H16O2. The zero-order valence-corrected chi connectivity index (χ0v) is 9.51. The van der Waals surface area contributed by atoms with E-state index in [0.29, 0.717) is 0 Å². The molecule has 2 heteroatoms. The molecule has 2 N–H and O–H groups in total. The highest BCUT2D eigenvalue weighted by atomic mass is 16.3. The highest BCUT2D eigenvalue weighted by Gasteiger charge is 1.91. The van der Waals surface area contributed by atoms with E-state index in [1.54, 1.807) is 19.1 Å². The fourth-order valence-corrected chi connectivity index (χ4v) is 1.28. The van der Waals surface area contributed by atoms with Gasteiger partial charge in [-0.05, 0) is 31.5 Å². The van der Waals surface area contributed by atoms with Gasteiger partial charge < -0.3 is 10.2 Å². The number of aryl methyl sites for hydroxylation is 2. The summed E-state index contributed by atoms with van der Waals surface area (Å²) in [5.74, 6) is 0.208. The number of benzene rings is 2.